The first kappa shape index (κ1) is 22.7. The molecule has 0 amide bonds. The van der Waals surface area contributed by atoms with Gasteiger partial charge in [0, 0.05) is 0 Å². The molecule has 2 aromatic carbocycles. The van der Waals surface area contributed by atoms with E-state index < -0.39 is 22.4 Å². The maximum atomic E-state index is 13.2. The van der Waals surface area contributed by atoms with Crippen LogP contribution in [0, 0.1) is 0 Å². The fourth-order valence-electron chi connectivity index (χ4n) is 2.81. The van der Waals surface area contributed by atoms with E-state index in [1.165, 1.54) is 50.2 Å². The zero-order valence-electron chi connectivity index (χ0n) is 16.5. The molecule has 0 aliphatic carbocycles. The van der Waals surface area contributed by atoms with Crippen molar-refractivity contribution >= 4 is 9.84 Å². The Labute approximate surface area is 171 Å². The predicted molar refractivity (Wildman–Crippen MR) is 111 cm³/mol. The number of hydrogen-bond donors (Lipinski definition) is 2. The molecule has 0 aliphatic heterocycles. The Morgan fingerprint density at radius 3 is 1.55 bits per heavy atom. The van der Waals surface area contributed by atoms with Gasteiger partial charge in [0.1, 0.15) is 11.5 Å². The summed E-state index contributed by atoms with van der Waals surface area (Å²) in [6.07, 6.45) is 1.98. The van der Waals surface area contributed by atoms with Crippen LogP contribution in [-0.2, 0) is 22.7 Å². The van der Waals surface area contributed by atoms with Crippen molar-refractivity contribution in [2.45, 2.75) is 49.1 Å². The smallest absolute Gasteiger partial charge is 0.206 e. The third-order valence-corrected chi connectivity index (χ3v) is 5.76. The Hall–Kier alpha value is -2.61. The highest BCUT2D eigenvalue weighted by Gasteiger charge is 2.21. The number of rotatable bonds is 10. The second-order valence-corrected chi connectivity index (χ2v) is 8.41. The number of aliphatic hydroxyl groups is 2. The van der Waals surface area contributed by atoms with E-state index in [4.69, 9.17) is 9.47 Å². The van der Waals surface area contributed by atoms with Crippen LogP contribution in [0.15, 0.2) is 71.5 Å². The van der Waals surface area contributed by atoms with Crippen LogP contribution in [0.2, 0.25) is 0 Å². The molecular formula is C22H26O6S. The lowest BCUT2D eigenvalue weighted by Gasteiger charge is -2.16. The summed E-state index contributed by atoms with van der Waals surface area (Å²) < 4.78 is 37.0. The van der Waals surface area contributed by atoms with Gasteiger partial charge in [0.2, 0.25) is 9.84 Å². The van der Waals surface area contributed by atoms with Crippen molar-refractivity contribution in [1.29, 1.82) is 0 Å². The second-order valence-electron chi connectivity index (χ2n) is 6.46. The number of benzene rings is 2. The number of sulfone groups is 1. The minimum absolute atomic E-state index is 0.0982. The van der Waals surface area contributed by atoms with Gasteiger partial charge in [-0.05, 0) is 74.2 Å². The lowest BCUT2D eigenvalue weighted by molar-refractivity contribution is -0.00151. The zero-order valence-corrected chi connectivity index (χ0v) is 17.4. The molecule has 2 atom stereocenters. The summed E-state index contributed by atoms with van der Waals surface area (Å²) in [7, 11) is -3.82. The average molecular weight is 419 g/mol. The molecule has 2 aromatic rings. The van der Waals surface area contributed by atoms with Gasteiger partial charge in [-0.3, -0.25) is 0 Å². The standard InChI is InChI=1S/C22H26O6S/c1-5-7-17-13-19(9-11-21(17)27-15(3)23)29(25,26)20-10-12-22(28-16(4)24)18(14-20)8-6-2/h5-6,9-16,23-24H,1-2,7-8H2,3-4H3. The summed E-state index contributed by atoms with van der Waals surface area (Å²) in [5.74, 6) is 0.791. The van der Waals surface area contributed by atoms with Gasteiger partial charge in [-0.2, -0.15) is 0 Å². The van der Waals surface area contributed by atoms with E-state index in [-0.39, 0.29) is 9.79 Å². The highest BCUT2D eigenvalue weighted by Crippen LogP contribution is 2.31. The molecule has 0 spiro atoms. The summed E-state index contributed by atoms with van der Waals surface area (Å²) in [5.41, 5.74) is 1.20. The lowest BCUT2D eigenvalue weighted by Crippen LogP contribution is -2.12. The molecule has 0 fully saturated rings. The fraction of sp³-hybridized carbons (Fsp3) is 0.273. The van der Waals surface area contributed by atoms with E-state index in [1.807, 2.05) is 0 Å². The topological polar surface area (TPSA) is 93.1 Å². The Balaban J connectivity index is 2.51. The van der Waals surface area contributed by atoms with E-state index in [9.17, 15) is 18.6 Å². The largest absolute Gasteiger partial charge is 0.465 e. The number of hydrogen-bond acceptors (Lipinski definition) is 6. The molecule has 2 rings (SSSR count). The summed E-state index contributed by atoms with van der Waals surface area (Å²) >= 11 is 0. The molecule has 0 saturated heterocycles. The Morgan fingerprint density at radius 2 is 1.24 bits per heavy atom. The van der Waals surface area contributed by atoms with E-state index in [0.717, 1.165) is 0 Å². The van der Waals surface area contributed by atoms with Gasteiger partial charge >= 0.3 is 0 Å². The van der Waals surface area contributed by atoms with E-state index in [1.54, 1.807) is 12.2 Å². The Morgan fingerprint density at radius 1 is 0.862 bits per heavy atom. The van der Waals surface area contributed by atoms with Crippen LogP contribution in [0.4, 0.5) is 0 Å². The molecule has 0 aromatic heterocycles. The van der Waals surface area contributed by atoms with Crippen LogP contribution >= 0.6 is 0 Å². The van der Waals surface area contributed by atoms with Gasteiger partial charge in [-0.1, -0.05) is 12.2 Å². The Kier molecular flexibility index (Phi) is 7.61. The van der Waals surface area contributed by atoms with Crippen molar-refractivity contribution in [3.63, 3.8) is 0 Å². The van der Waals surface area contributed by atoms with Crippen LogP contribution in [0.5, 0.6) is 11.5 Å². The van der Waals surface area contributed by atoms with Crippen molar-refractivity contribution in [2.24, 2.45) is 0 Å². The van der Waals surface area contributed by atoms with E-state index in [0.29, 0.717) is 35.5 Å². The molecule has 0 heterocycles. The fourth-order valence-corrected chi connectivity index (χ4v) is 4.17. The first-order valence-electron chi connectivity index (χ1n) is 9.11. The molecule has 156 valence electrons. The minimum Gasteiger partial charge on any atom is -0.465 e. The van der Waals surface area contributed by atoms with Gasteiger partial charge in [-0.15, -0.1) is 13.2 Å². The molecule has 0 bridgehead atoms. The maximum absolute atomic E-state index is 13.2. The zero-order chi connectivity index (χ0) is 21.6. The summed E-state index contributed by atoms with van der Waals surface area (Å²) in [4.78, 5) is 0.196. The van der Waals surface area contributed by atoms with Crippen LogP contribution in [0.1, 0.15) is 25.0 Å². The second kappa shape index (κ2) is 9.73. The van der Waals surface area contributed by atoms with E-state index >= 15 is 0 Å². The maximum Gasteiger partial charge on any atom is 0.206 e. The van der Waals surface area contributed by atoms with Crippen LogP contribution in [-0.4, -0.2) is 31.2 Å². The summed E-state index contributed by atoms with van der Waals surface area (Å²) in [6, 6.07) is 8.95. The monoisotopic (exact) mass is 418 g/mol. The normalized spacial score (nSPS) is 13.4. The van der Waals surface area contributed by atoms with Crippen molar-refractivity contribution in [3.8, 4) is 11.5 Å². The van der Waals surface area contributed by atoms with Gasteiger partial charge in [-0.25, -0.2) is 8.42 Å². The third kappa shape index (κ3) is 5.69. The molecular weight excluding hydrogens is 392 g/mol. The van der Waals surface area contributed by atoms with Crippen molar-refractivity contribution < 1.29 is 28.1 Å². The average Bonchev–Trinajstić information content (AvgIpc) is 2.64. The van der Waals surface area contributed by atoms with Gasteiger partial charge in [0.25, 0.3) is 0 Å². The molecule has 0 aliphatic rings. The van der Waals surface area contributed by atoms with E-state index in [2.05, 4.69) is 13.2 Å². The van der Waals surface area contributed by atoms with Crippen molar-refractivity contribution in [2.75, 3.05) is 0 Å². The molecule has 0 saturated carbocycles. The predicted octanol–water partition coefficient (Wildman–Crippen LogP) is 3.41. The van der Waals surface area contributed by atoms with Crippen molar-refractivity contribution in [1.82, 2.24) is 0 Å². The number of allylic oxidation sites excluding steroid dienone is 2. The summed E-state index contributed by atoms with van der Waals surface area (Å²) in [5, 5.41) is 18.9. The van der Waals surface area contributed by atoms with Crippen LogP contribution in [0.25, 0.3) is 0 Å². The highest BCUT2D eigenvalue weighted by atomic mass is 32.2. The quantitative estimate of drug-likeness (QED) is 0.454. The van der Waals surface area contributed by atoms with Gasteiger partial charge in [0.15, 0.2) is 12.6 Å². The molecule has 6 nitrogen and oxygen atoms in total. The third-order valence-electron chi connectivity index (χ3n) is 4.01. The first-order valence-corrected chi connectivity index (χ1v) is 10.6. The van der Waals surface area contributed by atoms with Crippen LogP contribution in [0.3, 0.4) is 0 Å². The van der Waals surface area contributed by atoms with Gasteiger partial charge in [0.05, 0.1) is 9.79 Å². The SMILES string of the molecule is C=CCc1cc(S(=O)(=O)c2ccc(OC(C)O)c(CC=C)c2)ccc1OC(C)O. The van der Waals surface area contributed by atoms with Crippen LogP contribution < -0.4 is 9.47 Å². The highest BCUT2D eigenvalue weighted by molar-refractivity contribution is 7.91. The molecule has 2 N–H and O–H groups in total. The number of aliphatic hydroxyl groups excluding tert-OH is 2. The molecule has 0 radical (unpaired) electrons. The lowest BCUT2D eigenvalue weighted by atomic mass is 10.1. The molecule has 7 heteroatoms. The van der Waals surface area contributed by atoms with Gasteiger partial charge < -0.3 is 19.7 Å². The first-order chi connectivity index (χ1) is 13.7. The Bertz CT molecular complexity index is 903. The molecule has 29 heavy (non-hydrogen) atoms. The van der Waals surface area contributed by atoms with Crippen molar-refractivity contribution in [3.05, 3.63) is 72.8 Å². The number of ether oxygens (including phenoxy) is 2. The minimum atomic E-state index is -3.82. The summed E-state index contributed by atoms with van der Waals surface area (Å²) in [6.45, 7) is 10.3. The molecule has 2 unspecified atom stereocenters.